The second-order valence-corrected chi connectivity index (χ2v) is 5.58. The van der Waals surface area contributed by atoms with E-state index in [2.05, 4.69) is 5.32 Å². The number of hydrogen-bond acceptors (Lipinski definition) is 4. The summed E-state index contributed by atoms with van der Waals surface area (Å²) in [5.41, 5.74) is 7.11. The number of benzene rings is 1. The summed E-state index contributed by atoms with van der Waals surface area (Å²) in [6, 6.07) is 5.23. The third-order valence-electron chi connectivity index (χ3n) is 2.68. The van der Waals surface area contributed by atoms with Crippen LogP contribution in [0.2, 0.25) is 0 Å². The van der Waals surface area contributed by atoms with Gasteiger partial charge in [0.2, 0.25) is 5.91 Å². The number of amides is 1. The van der Waals surface area contributed by atoms with Gasteiger partial charge in [-0.15, -0.1) is 0 Å². The van der Waals surface area contributed by atoms with E-state index in [0.717, 1.165) is 12.0 Å². The lowest BCUT2D eigenvalue weighted by Gasteiger charge is -2.08. The molecule has 0 saturated heterocycles. The molecule has 1 aromatic carbocycles. The molecule has 0 bridgehead atoms. The summed E-state index contributed by atoms with van der Waals surface area (Å²) in [4.78, 5) is 12.2. The van der Waals surface area contributed by atoms with Crippen LogP contribution in [0.3, 0.4) is 0 Å². The van der Waals surface area contributed by atoms with Crippen LogP contribution in [0.1, 0.15) is 12.0 Å². The van der Waals surface area contributed by atoms with E-state index in [4.69, 9.17) is 10.5 Å². The molecule has 1 aromatic rings. The maximum absolute atomic E-state index is 12.1. The molecule has 0 aromatic heterocycles. The molecular weight excluding hydrogens is 264 g/mol. The van der Waals surface area contributed by atoms with E-state index < -0.39 is 10.8 Å². The minimum Gasteiger partial charge on any atom is -0.398 e. The Kier molecular flexibility index (Phi) is 6.52. The molecule has 0 radical (unpaired) electrons. The van der Waals surface area contributed by atoms with E-state index in [1.54, 1.807) is 32.2 Å². The lowest BCUT2D eigenvalue weighted by Crippen LogP contribution is -2.29. The first-order valence-corrected chi connectivity index (χ1v) is 7.37. The molecule has 0 saturated carbocycles. The highest BCUT2D eigenvalue weighted by Crippen LogP contribution is 2.18. The largest absolute Gasteiger partial charge is 0.398 e. The number of nitrogens with two attached hydrogens (primary N) is 1. The summed E-state index contributed by atoms with van der Waals surface area (Å²) in [7, 11) is 0.245. The van der Waals surface area contributed by atoms with E-state index in [1.807, 2.05) is 0 Å². The Bertz CT molecular complexity index is 463. The highest BCUT2D eigenvalue weighted by Gasteiger charge is 2.13. The van der Waals surface area contributed by atoms with Crippen molar-refractivity contribution >= 4 is 22.4 Å². The van der Waals surface area contributed by atoms with E-state index >= 15 is 0 Å². The fourth-order valence-corrected chi connectivity index (χ4v) is 2.76. The molecule has 5 nitrogen and oxygen atoms in total. The number of ether oxygens (including phenoxy) is 1. The minimum absolute atomic E-state index is 0.0444. The average Bonchev–Trinajstić information content (AvgIpc) is 2.38. The summed E-state index contributed by atoms with van der Waals surface area (Å²) in [6.45, 7) is 2.93. The predicted molar refractivity (Wildman–Crippen MR) is 76.4 cm³/mol. The maximum atomic E-state index is 12.1. The van der Waals surface area contributed by atoms with Gasteiger partial charge in [-0.1, -0.05) is 6.07 Å². The van der Waals surface area contributed by atoms with Gasteiger partial charge in [-0.25, -0.2) is 0 Å². The Hall–Kier alpha value is -1.40. The first-order valence-electron chi connectivity index (χ1n) is 6.05. The van der Waals surface area contributed by atoms with Crippen molar-refractivity contribution in [3.8, 4) is 0 Å². The van der Waals surface area contributed by atoms with Crippen molar-refractivity contribution in [1.82, 2.24) is 5.32 Å². The zero-order valence-electron chi connectivity index (χ0n) is 11.3. The van der Waals surface area contributed by atoms with Crippen LogP contribution in [-0.4, -0.2) is 36.1 Å². The zero-order chi connectivity index (χ0) is 14.3. The normalized spacial score (nSPS) is 12.1. The molecule has 19 heavy (non-hydrogen) atoms. The van der Waals surface area contributed by atoms with Crippen molar-refractivity contribution in [1.29, 1.82) is 0 Å². The topological polar surface area (TPSA) is 81.4 Å². The SMILES string of the molecule is COCCCNC(=O)CS(=O)c1cccc(N)c1C. The van der Waals surface area contributed by atoms with Gasteiger partial charge in [-0.05, 0) is 31.0 Å². The second kappa shape index (κ2) is 7.91. The van der Waals surface area contributed by atoms with Gasteiger partial charge in [-0.2, -0.15) is 0 Å². The van der Waals surface area contributed by atoms with Crippen LogP contribution in [0.4, 0.5) is 5.69 Å². The molecule has 0 aliphatic rings. The number of anilines is 1. The number of carbonyl (C=O) groups is 1. The standard InChI is InChI=1S/C13H20N2O3S/c1-10-11(14)5-3-6-12(10)19(17)9-13(16)15-7-4-8-18-2/h3,5-6H,4,7-9,14H2,1-2H3,(H,15,16). The Morgan fingerprint density at radius 2 is 2.21 bits per heavy atom. The quantitative estimate of drug-likeness (QED) is 0.574. The van der Waals surface area contributed by atoms with Crippen molar-refractivity contribution in [2.45, 2.75) is 18.2 Å². The van der Waals surface area contributed by atoms with Gasteiger partial charge in [0.1, 0.15) is 5.75 Å². The zero-order valence-corrected chi connectivity index (χ0v) is 12.1. The number of methoxy groups -OCH3 is 1. The number of nitrogen functional groups attached to an aromatic ring is 1. The molecule has 0 fully saturated rings. The molecule has 106 valence electrons. The van der Waals surface area contributed by atoms with Gasteiger partial charge in [0.15, 0.2) is 0 Å². The summed E-state index contributed by atoms with van der Waals surface area (Å²) in [5.74, 6) is -0.270. The number of carbonyl (C=O) groups excluding carboxylic acids is 1. The number of nitrogens with one attached hydrogen (secondary N) is 1. The van der Waals surface area contributed by atoms with Gasteiger partial charge in [0.05, 0.1) is 10.8 Å². The van der Waals surface area contributed by atoms with Crippen LogP contribution < -0.4 is 11.1 Å². The number of hydrogen-bond donors (Lipinski definition) is 2. The van der Waals surface area contributed by atoms with Gasteiger partial charge in [0, 0.05) is 30.8 Å². The Labute approximate surface area is 116 Å². The molecule has 1 unspecified atom stereocenters. The van der Waals surface area contributed by atoms with Crippen molar-refractivity contribution < 1.29 is 13.7 Å². The summed E-state index contributed by atoms with van der Waals surface area (Å²) in [5, 5.41) is 2.71. The van der Waals surface area contributed by atoms with Crippen molar-refractivity contribution in [3.05, 3.63) is 23.8 Å². The molecule has 1 atom stereocenters. The molecule has 1 rings (SSSR count). The van der Waals surface area contributed by atoms with Crippen LogP contribution in [-0.2, 0) is 20.3 Å². The predicted octanol–water partition coefficient (Wildman–Crippen LogP) is 0.838. The fourth-order valence-electron chi connectivity index (χ4n) is 1.57. The minimum atomic E-state index is -1.37. The van der Waals surface area contributed by atoms with Crippen LogP contribution >= 0.6 is 0 Å². The highest BCUT2D eigenvalue weighted by molar-refractivity contribution is 7.85. The third kappa shape index (κ3) is 5.00. The van der Waals surface area contributed by atoms with Crippen molar-refractivity contribution in [2.24, 2.45) is 0 Å². The molecule has 0 heterocycles. The number of rotatable bonds is 7. The fraction of sp³-hybridized carbons (Fsp3) is 0.462. The van der Waals surface area contributed by atoms with Gasteiger partial charge >= 0.3 is 0 Å². The van der Waals surface area contributed by atoms with Gasteiger partial charge < -0.3 is 15.8 Å². The lowest BCUT2D eigenvalue weighted by atomic mass is 10.2. The van der Waals surface area contributed by atoms with Crippen molar-refractivity contribution in [3.63, 3.8) is 0 Å². The van der Waals surface area contributed by atoms with E-state index in [1.165, 1.54) is 0 Å². The molecular formula is C13H20N2O3S. The van der Waals surface area contributed by atoms with Crippen molar-refractivity contribution in [2.75, 3.05) is 31.7 Å². The summed E-state index contributed by atoms with van der Waals surface area (Å²) < 4.78 is 17.0. The maximum Gasteiger partial charge on any atom is 0.233 e. The third-order valence-corrected chi connectivity index (χ3v) is 4.14. The van der Waals surface area contributed by atoms with Crippen LogP contribution in [0.15, 0.2) is 23.1 Å². The first kappa shape index (κ1) is 15.7. The summed E-state index contributed by atoms with van der Waals surface area (Å²) in [6.07, 6.45) is 0.742. The summed E-state index contributed by atoms with van der Waals surface area (Å²) >= 11 is 0. The van der Waals surface area contributed by atoms with Crippen LogP contribution in [0.5, 0.6) is 0 Å². The molecule has 0 aliphatic heterocycles. The second-order valence-electron chi connectivity index (χ2n) is 4.16. The Morgan fingerprint density at radius 3 is 2.89 bits per heavy atom. The highest BCUT2D eigenvalue weighted by atomic mass is 32.2. The van der Waals surface area contributed by atoms with Crippen LogP contribution in [0.25, 0.3) is 0 Å². The van der Waals surface area contributed by atoms with E-state index in [9.17, 15) is 9.00 Å². The first-order chi connectivity index (χ1) is 9.06. The van der Waals surface area contributed by atoms with Crippen LogP contribution in [0, 0.1) is 6.92 Å². The average molecular weight is 284 g/mol. The Balaban J connectivity index is 2.50. The van der Waals surface area contributed by atoms with Gasteiger partial charge in [-0.3, -0.25) is 9.00 Å². The molecule has 0 aliphatic carbocycles. The lowest BCUT2D eigenvalue weighted by molar-refractivity contribution is -0.118. The molecule has 3 N–H and O–H groups in total. The monoisotopic (exact) mass is 284 g/mol. The molecule has 6 heteroatoms. The Morgan fingerprint density at radius 1 is 1.47 bits per heavy atom. The smallest absolute Gasteiger partial charge is 0.233 e. The van der Waals surface area contributed by atoms with E-state index in [-0.39, 0.29) is 11.7 Å². The van der Waals surface area contributed by atoms with Gasteiger partial charge in [0.25, 0.3) is 0 Å². The molecule has 0 spiro atoms. The molecule has 1 amide bonds. The van der Waals surface area contributed by atoms with E-state index in [0.29, 0.717) is 23.7 Å².